The van der Waals surface area contributed by atoms with Crippen LogP contribution in [0, 0.1) is 23.7 Å². The summed E-state index contributed by atoms with van der Waals surface area (Å²) in [6, 6.07) is 0. The molecule has 3 aliphatic carbocycles. The second-order valence-electron chi connectivity index (χ2n) is 4.69. The molecule has 3 aliphatic rings. The van der Waals surface area contributed by atoms with Gasteiger partial charge in [-0.05, 0) is 49.4 Å². The van der Waals surface area contributed by atoms with Crippen LogP contribution in [-0.2, 0) is 0 Å². The Hall–Kier alpha value is -0.520. The summed E-state index contributed by atoms with van der Waals surface area (Å²) in [5.74, 6) is 3.68. The molecule has 0 saturated heterocycles. The highest BCUT2D eigenvalue weighted by Crippen LogP contribution is 2.55. The molecule has 0 radical (unpaired) electrons. The summed E-state index contributed by atoms with van der Waals surface area (Å²) in [6.07, 6.45) is 10.5. The smallest absolute Gasteiger partial charge is 0.0109 e. The number of rotatable bonds is 0. The number of allylic oxidation sites excluding steroid dienone is 3. The molecule has 3 rings (SSSR count). The van der Waals surface area contributed by atoms with Crippen LogP contribution in [0.15, 0.2) is 24.3 Å². The zero-order valence-electron chi connectivity index (χ0n) is 7.50. The van der Waals surface area contributed by atoms with E-state index in [4.69, 9.17) is 0 Å². The van der Waals surface area contributed by atoms with Gasteiger partial charge in [0.2, 0.25) is 0 Å². The van der Waals surface area contributed by atoms with Gasteiger partial charge in [-0.15, -0.1) is 0 Å². The van der Waals surface area contributed by atoms with Crippen molar-refractivity contribution in [2.75, 3.05) is 0 Å². The zero-order valence-corrected chi connectivity index (χ0v) is 7.50. The second-order valence-corrected chi connectivity index (χ2v) is 4.69. The molecule has 0 heteroatoms. The third-order valence-electron chi connectivity index (χ3n) is 4.13. The fourth-order valence-electron chi connectivity index (χ4n) is 3.66. The molecule has 2 fully saturated rings. The summed E-state index contributed by atoms with van der Waals surface area (Å²) >= 11 is 0. The monoisotopic (exact) mass is 160 g/mol. The van der Waals surface area contributed by atoms with Crippen molar-refractivity contribution < 1.29 is 0 Å². The lowest BCUT2D eigenvalue weighted by molar-refractivity contribution is 0.285. The minimum atomic E-state index is 0.882. The Morgan fingerprint density at radius 1 is 1.25 bits per heavy atom. The van der Waals surface area contributed by atoms with Crippen LogP contribution in [0.2, 0.25) is 0 Å². The first-order chi connectivity index (χ1) is 5.86. The Morgan fingerprint density at radius 3 is 2.92 bits per heavy atom. The molecule has 0 N–H and O–H groups in total. The van der Waals surface area contributed by atoms with Gasteiger partial charge in [0.1, 0.15) is 0 Å². The molecule has 0 heterocycles. The number of hydrogen-bond donors (Lipinski definition) is 0. The highest BCUT2D eigenvalue weighted by Gasteiger charge is 2.46. The first kappa shape index (κ1) is 6.94. The van der Waals surface area contributed by atoms with E-state index in [0.717, 1.165) is 23.7 Å². The predicted octanol–water partition coefficient (Wildman–Crippen LogP) is 3.16. The van der Waals surface area contributed by atoms with Gasteiger partial charge in [0.25, 0.3) is 0 Å². The molecule has 0 aromatic rings. The molecule has 12 heavy (non-hydrogen) atoms. The van der Waals surface area contributed by atoms with Crippen molar-refractivity contribution >= 4 is 0 Å². The fourth-order valence-corrected chi connectivity index (χ4v) is 3.66. The largest absolute Gasteiger partial charge is 0.0995 e. The van der Waals surface area contributed by atoms with Gasteiger partial charge in [-0.2, -0.15) is 0 Å². The summed E-state index contributed by atoms with van der Waals surface area (Å²) in [5.41, 5.74) is 1.56. The Bertz CT molecular complexity index is 249. The number of fused-ring (bicyclic) bond motifs is 5. The van der Waals surface area contributed by atoms with Gasteiger partial charge in [0.15, 0.2) is 0 Å². The van der Waals surface area contributed by atoms with E-state index in [1.54, 1.807) is 5.57 Å². The lowest BCUT2D eigenvalue weighted by Crippen LogP contribution is -2.24. The molecule has 0 aliphatic heterocycles. The topological polar surface area (TPSA) is 0 Å². The Balaban J connectivity index is 1.97. The maximum atomic E-state index is 4.24. The summed E-state index contributed by atoms with van der Waals surface area (Å²) in [7, 11) is 0. The highest BCUT2D eigenvalue weighted by atomic mass is 14.5. The van der Waals surface area contributed by atoms with Crippen LogP contribution >= 0.6 is 0 Å². The Morgan fingerprint density at radius 2 is 2.08 bits per heavy atom. The molecule has 64 valence electrons. The van der Waals surface area contributed by atoms with E-state index in [2.05, 4.69) is 18.7 Å². The molecular formula is C12H16. The van der Waals surface area contributed by atoms with Crippen LogP contribution in [0.3, 0.4) is 0 Å². The van der Waals surface area contributed by atoms with Gasteiger partial charge in [0.05, 0.1) is 0 Å². The van der Waals surface area contributed by atoms with Crippen molar-refractivity contribution in [2.45, 2.75) is 25.7 Å². The van der Waals surface area contributed by atoms with Crippen LogP contribution in [0.5, 0.6) is 0 Å². The maximum Gasteiger partial charge on any atom is -0.0109 e. The summed E-state index contributed by atoms with van der Waals surface area (Å²) in [5, 5.41) is 0. The van der Waals surface area contributed by atoms with Crippen molar-refractivity contribution in [1.82, 2.24) is 0 Å². The molecule has 0 nitrogen and oxygen atoms in total. The summed E-state index contributed by atoms with van der Waals surface area (Å²) < 4.78 is 0. The van der Waals surface area contributed by atoms with Gasteiger partial charge < -0.3 is 0 Å². The van der Waals surface area contributed by atoms with Crippen LogP contribution in [0.4, 0.5) is 0 Å². The first-order valence-electron chi connectivity index (χ1n) is 5.22. The van der Waals surface area contributed by atoms with Crippen LogP contribution in [0.1, 0.15) is 25.7 Å². The van der Waals surface area contributed by atoms with Crippen LogP contribution in [-0.4, -0.2) is 0 Å². The molecule has 0 amide bonds. The minimum Gasteiger partial charge on any atom is -0.0995 e. The van der Waals surface area contributed by atoms with Gasteiger partial charge in [-0.25, -0.2) is 0 Å². The Labute approximate surface area is 74.4 Å². The van der Waals surface area contributed by atoms with Gasteiger partial charge in [-0.3, -0.25) is 0 Å². The summed E-state index contributed by atoms with van der Waals surface area (Å²) in [6.45, 7) is 4.24. The van der Waals surface area contributed by atoms with E-state index < -0.39 is 0 Å². The van der Waals surface area contributed by atoms with E-state index in [1.165, 1.54) is 25.7 Å². The Kier molecular flexibility index (Phi) is 1.30. The molecule has 0 aromatic carbocycles. The highest BCUT2D eigenvalue weighted by molar-refractivity contribution is 5.23. The lowest BCUT2D eigenvalue weighted by Gasteiger charge is -2.34. The summed E-state index contributed by atoms with van der Waals surface area (Å²) in [4.78, 5) is 0. The van der Waals surface area contributed by atoms with E-state index in [-0.39, 0.29) is 0 Å². The van der Waals surface area contributed by atoms with Crippen LogP contribution in [0.25, 0.3) is 0 Å². The first-order valence-corrected chi connectivity index (χ1v) is 5.22. The molecule has 0 unspecified atom stereocenters. The van der Waals surface area contributed by atoms with Crippen molar-refractivity contribution in [3.05, 3.63) is 24.3 Å². The van der Waals surface area contributed by atoms with Crippen LogP contribution < -0.4 is 0 Å². The molecule has 4 atom stereocenters. The third kappa shape index (κ3) is 0.734. The minimum absolute atomic E-state index is 0.882. The van der Waals surface area contributed by atoms with E-state index in [0.29, 0.717) is 0 Å². The molecule has 0 spiro atoms. The van der Waals surface area contributed by atoms with Gasteiger partial charge in [0, 0.05) is 0 Å². The average molecular weight is 160 g/mol. The SMILES string of the molecule is C=C1CCC[C@H]2[C@@H]1[C@@H]1C=C[C@H]2C1. The van der Waals surface area contributed by atoms with Gasteiger partial charge >= 0.3 is 0 Å². The second kappa shape index (κ2) is 2.25. The molecule has 0 aromatic heterocycles. The third-order valence-corrected chi connectivity index (χ3v) is 4.13. The van der Waals surface area contributed by atoms with E-state index in [9.17, 15) is 0 Å². The van der Waals surface area contributed by atoms with Crippen molar-refractivity contribution in [3.63, 3.8) is 0 Å². The van der Waals surface area contributed by atoms with E-state index >= 15 is 0 Å². The van der Waals surface area contributed by atoms with Crippen molar-refractivity contribution in [1.29, 1.82) is 0 Å². The van der Waals surface area contributed by atoms with Gasteiger partial charge in [-0.1, -0.05) is 24.3 Å². The zero-order chi connectivity index (χ0) is 8.13. The lowest BCUT2D eigenvalue weighted by atomic mass is 9.71. The normalized spacial score (nSPS) is 49.8. The quantitative estimate of drug-likeness (QED) is 0.477. The van der Waals surface area contributed by atoms with Crippen molar-refractivity contribution in [3.8, 4) is 0 Å². The van der Waals surface area contributed by atoms with Crippen molar-refractivity contribution in [2.24, 2.45) is 23.7 Å². The maximum absolute atomic E-state index is 4.24. The molecule has 2 saturated carbocycles. The molecular weight excluding hydrogens is 144 g/mol. The standard InChI is InChI=1S/C12H16/c1-8-3-2-4-11-9-5-6-10(7-9)12(8)11/h5-6,9-12H,1-4,7H2/t9-,10+,11+,12-/m0/s1. The number of hydrogen-bond acceptors (Lipinski definition) is 0. The fraction of sp³-hybridized carbons (Fsp3) is 0.667. The predicted molar refractivity (Wildman–Crippen MR) is 50.7 cm³/mol. The van der Waals surface area contributed by atoms with E-state index in [1.807, 2.05) is 0 Å². The average Bonchev–Trinajstić information content (AvgIpc) is 2.64. The molecule has 2 bridgehead atoms.